The third-order valence-electron chi connectivity index (χ3n) is 6.63. The summed E-state index contributed by atoms with van der Waals surface area (Å²) in [5.74, 6) is 5.54. The number of aliphatic hydroxyl groups excluding tert-OH is 1. The summed E-state index contributed by atoms with van der Waals surface area (Å²) in [5.41, 5.74) is 14.0. The van der Waals surface area contributed by atoms with Crippen molar-refractivity contribution >= 4 is 41.2 Å². The topological polar surface area (TPSA) is 172 Å². The summed E-state index contributed by atoms with van der Waals surface area (Å²) in [5, 5.41) is 24.5. The number of benzene rings is 2. The Morgan fingerprint density at radius 2 is 1.96 bits per heavy atom. The Morgan fingerprint density at radius 1 is 1.28 bits per heavy atom. The van der Waals surface area contributed by atoms with Gasteiger partial charge in [-0.2, -0.15) is 13.2 Å². The molecule has 1 amide bonds. The fourth-order valence-electron chi connectivity index (χ4n) is 4.26. The predicted molar refractivity (Wildman–Crippen MR) is 171 cm³/mol. The number of aryl methyl sites for hydroxylation is 1. The largest absolute Gasteiger partial charge is 1.00 e. The average Bonchev–Trinajstić information content (AvgIpc) is 2.99. The molecule has 0 aliphatic carbocycles. The molecule has 0 saturated carbocycles. The summed E-state index contributed by atoms with van der Waals surface area (Å²) in [7, 11) is 3.38. The zero-order chi connectivity index (χ0) is 33.9. The van der Waals surface area contributed by atoms with Crippen molar-refractivity contribution in [2.75, 3.05) is 32.5 Å². The first-order valence-electron chi connectivity index (χ1n) is 13.7. The van der Waals surface area contributed by atoms with Gasteiger partial charge in [-0.25, -0.2) is 0 Å². The Bertz CT molecular complexity index is 1540. The van der Waals surface area contributed by atoms with Crippen LogP contribution >= 0.6 is 11.6 Å². The van der Waals surface area contributed by atoms with Crippen molar-refractivity contribution in [1.29, 1.82) is 5.41 Å². The van der Waals surface area contributed by atoms with E-state index < -0.39 is 22.9 Å². The molecule has 2 unspecified atom stereocenters. The molecule has 0 aromatic heterocycles. The van der Waals surface area contributed by atoms with Crippen LogP contribution in [-0.2, 0) is 11.0 Å². The molecule has 2 atom stereocenters. The van der Waals surface area contributed by atoms with E-state index in [-0.39, 0.29) is 91.8 Å². The van der Waals surface area contributed by atoms with Gasteiger partial charge in [0.25, 0.3) is 5.91 Å². The minimum absolute atomic E-state index is 0. The summed E-state index contributed by atoms with van der Waals surface area (Å²) >= 11 is 5.30. The van der Waals surface area contributed by atoms with Crippen LogP contribution in [0.1, 0.15) is 46.8 Å². The number of piperidine rings is 1. The summed E-state index contributed by atoms with van der Waals surface area (Å²) in [6.45, 7) is 4.33. The van der Waals surface area contributed by atoms with Crippen molar-refractivity contribution in [2.24, 2.45) is 16.5 Å². The van der Waals surface area contributed by atoms with Crippen LogP contribution in [-0.4, -0.2) is 73.2 Å². The Balaban J connectivity index is 0.000000633. The number of amides is 1. The van der Waals surface area contributed by atoms with Crippen molar-refractivity contribution in [2.45, 2.75) is 45.0 Å². The zero-order valence-electron chi connectivity index (χ0n) is 26.3. The van der Waals surface area contributed by atoms with E-state index >= 15 is 0 Å². The van der Waals surface area contributed by atoms with Gasteiger partial charge in [0.05, 0.1) is 16.3 Å². The predicted octanol–water partition coefficient (Wildman–Crippen LogP) is 1.49. The Labute approximate surface area is 314 Å². The van der Waals surface area contributed by atoms with Gasteiger partial charge in [-0.3, -0.25) is 15.0 Å². The standard InChI is InChI=1S/C23H32N7O2.C8H4ClF3O.K/c1-14-7-9-17(27-3)12-16(14)8-10-19(24)20(21(25)26)22(28-4)29-18-6-5-11-30(13-18)23(32)15(2)31;9-7-2-1-5(4-13)3-6(7)8(10,11)12;/h7,9,12,15,18,27,31H,5-6,11,13H2,1-4H3,(H5-,24,25,26,28,29);1-4H;/q-1;;+1. The number of hydrogen-bond donors (Lipinski definition) is 5. The second-order valence-corrected chi connectivity index (χ2v) is 10.4. The van der Waals surface area contributed by atoms with Crippen LogP contribution in [0.5, 0.6) is 0 Å². The number of hydrogen-bond acceptors (Lipinski definition) is 7. The molecule has 46 heavy (non-hydrogen) atoms. The summed E-state index contributed by atoms with van der Waals surface area (Å²) in [6.07, 6.45) is -3.74. The Hall–Kier alpha value is -2.90. The van der Waals surface area contributed by atoms with Crippen LogP contribution in [0.2, 0.25) is 5.02 Å². The van der Waals surface area contributed by atoms with E-state index in [2.05, 4.69) is 27.5 Å². The van der Waals surface area contributed by atoms with Crippen LogP contribution in [0, 0.1) is 24.2 Å². The van der Waals surface area contributed by atoms with E-state index in [9.17, 15) is 27.9 Å². The van der Waals surface area contributed by atoms with Gasteiger partial charge in [0, 0.05) is 42.5 Å². The molecule has 2 aromatic carbocycles. The molecule has 1 saturated heterocycles. The zero-order valence-corrected chi connectivity index (χ0v) is 30.2. The van der Waals surface area contributed by atoms with Crippen LogP contribution in [0.15, 0.2) is 52.7 Å². The number of likely N-dealkylation sites (N-methyl/N-ethyl adjacent to an activating group) is 1. The number of carbonyl (C=O) groups excluding carboxylic acids is 2. The van der Waals surface area contributed by atoms with Gasteiger partial charge in [0.15, 0.2) is 0 Å². The number of carbonyl (C=O) groups is 2. The maximum atomic E-state index is 12.2. The minimum Gasteiger partial charge on any atom is -0.468 e. The van der Waals surface area contributed by atoms with E-state index in [1.807, 2.05) is 32.2 Å². The molecule has 3 rings (SSSR count). The first-order valence-corrected chi connectivity index (χ1v) is 14.1. The molecule has 0 bridgehead atoms. The number of aliphatic imine (C=N–C) groups is 1. The molecule has 0 radical (unpaired) electrons. The van der Waals surface area contributed by atoms with Crippen LogP contribution in [0.4, 0.5) is 18.9 Å². The first kappa shape index (κ1) is 41.1. The van der Waals surface area contributed by atoms with Crippen LogP contribution in [0.25, 0.3) is 5.32 Å². The molecule has 2 aromatic rings. The van der Waals surface area contributed by atoms with Gasteiger partial charge in [0.1, 0.15) is 18.2 Å². The number of rotatable bonds is 6. The average molecular weight is 686 g/mol. The SMILES string of the molecule is C[N-]C(=NC1CCCN(C(=O)C(C)O)C1)/C(C(=N)N)=C(\N)C#Cc1cc(NC)ccc1C.O=Cc1ccc(Cl)c(C(F)(F)F)c1.[K+]. The quantitative estimate of drug-likeness (QED) is 0.101. The molecular formula is C31H36ClF3KN7O3. The molecule has 1 aliphatic heterocycles. The number of likely N-dealkylation sites (tertiary alicyclic amines) is 1. The fourth-order valence-corrected chi connectivity index (χ4v) is 4.48. The van der Waals surface area contributed by atoms with Crippen molar-refractivity contribution < 1.29 is 79.3 Å². The summed E-state index contributed by atoms with van der Waals surface area (Å²) in [6, 6.07) is 8.58. The Morgan fingerprint density at radius 3 is 2.50 bits per heavy atom. The maximum absolute atomic E-state index is 12.2. The number of aldehydes is 1. The molecule has 15 heteroatoms. The number of amidine groups is 2. The number of alkyl halides is 3. The minimum atomic E-state index is -4.52. The monoisotopic (exact) mass is 685 g/mol. The molecule has 1 fully saturated rings. The van der Waals surface area contributed by atoms with E-state index in [4.69, 9.17) is 28.5 Å². The van der Waals surface area contributed by atoms with Crippen molar-refractivity contribution in [1.82, 2.24) is 4.90 Å². The molecular weight excluding hydrogens is 650 g/mol. The second-order valence-electron chi connectivity index (χ2n) is 10.0. The van der Waals surface area contributed by atoms with Gasteiger partial charge in [-0.1, -0.05) is 42.5 Å². The molecule has 1 aliphatic rings. The van der Waals surface area contributed by atoms with Gasteiger partial charge >= 0.3 is 57.6 Å². The number of nitrogens with two attached hydrogens (primary N) is 2. The van der Waals surface area contributed by atoms with Gasteiger partial charge in [-0.15, -0.1) is 0 Å². The van der Waals surface area contributed by atoms with E-state index in [0.29, 0.717) is 19.4 Å². The van der Waals surface area contributed by atoms with Gasteiger partial charge < -0.3 is 37.1 Å². The normalized spacial score (nSPS) is 15.8. The first-order chi connectivity index (χ1) is 21.1. The number of aliphatic hydroxyl groups is 1. The van der Waals surface area contributed by atoms with Crippen LogP contribution in [0.3, 0.4) is 0 Å². The fraction of sp³-hybridized carbons (Fsp3) is 0.355. The third-order valence-corrected chi connectivity index (χ3v) is 6.96. The number of nitrogens with one attached hydrogen (secondary N) is 2. The molecule has 1 heterocycles. The van der Waals surface area contributed by atoms with E-state index in [1.54, 1.807) is 11.9 Å². The molecule has 7 N–H and O–H groups in total. The van der Waals surface area contributed by atoms with Crippen LogP contribution < -0.4 is 68.2 Å². The third kappa shape index (κ3) is 12.0. The number of nitrogens with zero attached hydrogens (tertiary/aromatic N) is 3. The smallest absolute Gasteiger partial charge is 0.468 e. The van der Waals surface area contributed by atoms with E-state index in [0.717, 1.165) is 41.8 Å². The molecule has 242 valence electrons. The Kier molecular flexibility index (Phi) is 17.0. The van der Waals surface area contributed by atoms with Crippen molar-refractivity contribution in [3.8, 4) is 11.8 Å². The summed E-state index contributed by atoms with van der Waals surface area (Å²) < 4.78 is 36.5. The molecule has 10 nitrogen and oxygen atoms in total. The van der Waals surface area contributed by atoms with Gasteiger partial charge in [0.2, 0.25) is 0 Å². The van der Waals surface area contributed by atoms with E-state index in [1.165, 1.54) is 13.0 Å². The maximum Gasteiger partial charge on any atom is 1.00 e. The summed E-state index contributed by atoms with van der Waals surface area (Å²) in [4.78, 5) is 28.5. The van der Waals surface area contributed by atoms with Crippen molar-refractivity contribution in [3.05, 3.63) is 80.3 Å². The molecule has 0 spiro atoms. The second kappa shape index (κ2) is 19.0. The number of allylic oxidation sites excluding steroid dienone is 1. The van der Waals surface area contributed by atoms with Gasteiger partial charge in [-0.05, 0) is 68.5 Å². The number of anilines is 1. The number of halogens is 4. The van der Waals surface area contributed by atoms with Crippen molar-refractivity contribution in [3.63, 3.8) is 0 Å².